The van der Waals surface area contributed by atoms with Crippen molar-refractivity contribution >= 4 is 9.28 Å². The van der Waals surface area contributed by atoms with Crippen molar-refractivity contribution in [1.82, 2.24) is 0 Å². The lowest BCUT2D eigenvalue weighted by Crippen LogP contribution is -2.38. The topological polar surface area (TPSA) is 18.5 Å². The predicted molar refractivity (Wildman–Crippen MR) is 55.8 cm³/mol. The molecule has 0 spiro atoms. The third kappa shape index (κ3) is 2.33. The van der Waals surface area contributed by atoms with Gasteiger partial charge in [0.05, 0.1) is 0 Å². The van der Waals surface area contributed by atoms with E-state index in [-0.39, 0.29) is 0 Å². The van der Waals surface area contributed by atoms with Crippen LogP contribution in [0.2, 0.25) is 5.04 Å². The smallest absolute Gasteiger partial charge is 0.390 e. The molecular weight excluding hydrogens is 180 g/mol. The average molecular weight is 201 g/mol. The zero-order valence-corrected chi connectivity index (χ0v) is 10.1. The molecule has 0 bridgehead atoms. The van der Waals surface area contributed by atoms with E-state index in [0.717, 1.165) is 0 Å². The molecule has 13 heavy (non-hydrogen) atoms. The van der Waals surface area contributed by atoms with Crippen molar-refractivity contribution in [3.8, 4) is 0 Å². The summed E-state index contributed by atoms with van der Waals surface area (Å²) in [5.41, 5.74) is 0. The molecule has 0 atom stereocenters. The van der Waals surface area contributed by atoms with Gasteiger partial charge in [0.1, 0.15) is 0 Å². The first kappa shape index (κ1) is 11.2. The highest BCUT2D eigenvalue weighted by atomic mass is 28.3. The minimum absolute atomic E-state index is 0.395. The van der Waals surface area contributed by atoms with Crippen LogP contribution in [0.1, 0.15) is 45.4 Å². The molecule has 0 aromatic carbocycles. The van der Waals surface area contributed by atoms with Crippen LogP contribution in [0.3, 0.4) is 0 Å². The maximum absolute atomic E-state index is 5.51. The van der Waals surface area contributed by atoms with Crippen LogP contribution in [-0.4, -0.2) is 23.5 Å². The lowest BCUT2D eigenvalue weighted by Gasteiger charge is -2.38. The number of rotatable bonds is 4. The summed E-state index contributed by atoms with van der Waals surface area (Å²) >= 11 is 0. The molecule has 1 aliphatic carbocycles. The quantitative estimate of drug-likeness (QED) is 0.651. The van der Waals surface area contributed by atoms with Gasteiger partial charge in [0, 0.05) is 19.3 Å². The van der Waals surface area contributed by atoms with Gasteiger partial charge in [-0.05, 0) is 19.3 Å². The Bertz CT molecular complexity index is 140. The molecule has 0 aromatic heterocycles. The molecule has 77 valence electrons. The van der Waals surface area contributed by atoms with Crippen molar-refractivity contribution in [3.05, 3.63) is 0 Å². The van der Waals surface area contributed by atoms with E-state index in [4.69, 9.17) is 8.85 Å². The van der Waals surface area contributed by atoms with Crippen LogP contribution in [-0.2, 0) is 8.85 Å². The molecule has 0 heterocycles. The molecule has 0 aliphatic heterocycles. The summed E-state index contributed by atoms with van der Waals surface area (Å²) in [7, 11) is 2.56. The maximum atomic E-state index is 5.51. The predicted octanol–water partition coefficient (Wildman–Crippen LogP) is 2.88. The SMILES string of the molecule is CCC1([Si](OC)OC)CCCCC1. The van der Waals surface area contributed by atoms with Gasteiger partial charge in [-0.3, -0.25) is 0 Å². The fraction of sp³-hybridized carbons (Fsp3) is 1.00. The molecule has 0 saturated heterocycles. The third-order valence-corrected chi connectivity index (χ3v) is 5.75. The summed E-state index contributed by atoms with van der Waals surface area (Å²) in [4.78, 5) is 0. The first-order valence-corrected chi connectivity index (χ1v) is 6.56. The van der Waals surface area contributed by atoms with Crippen molar-refractivity contribution in [2.75, 3.05) is 14.2 Å². The van der Waals surface area contributed by atoms with E-state index in [9.17, 15) is 0 Å². The molecule has 0 N–H and O–H groups in total. The van der Waals surface area contributed by atoms with Gasteiger partial charge in [-0.1, -0.05) is 26.2 Å². The van der Waals surface area contributed by atoms with Crippen LogP contribution in [0.15, 0.2) is 0 Å². The zero-order chi connectivity index (χ0) is 9.73. The highest BCUT2D eigenvalue weighted by Gasteiger charge is 2.42. The van der Waals surface area contributed by atoms with Gasteiger partial charge < -0.3 is 8.85 Å². The summed E-state index contributed by atoms with van der Waals surface area (Å²) < 4.78 is 11.0. The van der Waals surface area contributed by atoms with Crippen molar-refractivity contribution in [2.24, 2.45) is 0 Å². The summed E-state index contributed by atoms with van der Waals surface area (Å²) in [5, 5.41) is 0.395. The Morgan fingerprint density at radius 2 is 1.62 bits per heavy atom. The van der Waals surface area contributed by atoms with E-state index in [1.165, 1.54) is 38.5 Å². The Labute approximate surface area is 83.5 Å². The largest absolute Gasteiger partial charge is 0.396 e. The normalized spacial score (nSPS) is 22.2. The highest BCUT2D eigenvalue weighted by Crippen LogP contribution is 2.48. The van der Waals surface area contributed by atoms with E-state index in [0.29, 0.717) is 5.04 Å². The van der Waals surface area contributed by atoms with Crippen molar-refractivity contribution in [2.45, 2.75) is 50.5 Å². The molecule has 1 rings (SSSR count). The Hall–Kier alpha value is 0.137. The first-order chi connectivity index (χ1) is 6.29. The standard InChI is InChI=1S/C10H21O2Si/c1-4-10(13(11-2)12-3)8-6-5-7-9-10/h4-9H2,1-3H3. The first-order valence-electron chi connectivity index (χ1n) is 5.24. The van der Waals surface area contributed by atoms with Gasteiger partial charge in [0.25, 0.3) is 0 Å². The van der Waals surface area contributed by atoms with Crippen LogP contribution in [0.5, 0.6) is 0 Å². The molecule has 2 nitrogen and oxygen atoms in total. The fourth-order valence-electron chi connectivity index (χ4n) is 2.45. The minimum Gasteiger partial charge on any atom is -0.396 e. The van der Waals surface area contributed by atoms with Crippen LogP contribution >= 0.6 is 0 Å². The maximum Gasteiger partial charge on any atom is 0.390 e. The van der Waals surface area contributed by atoms with Crippen molar-refractivity contribution in [1.29, 1.82) is 0 Å². The highest BCUT2D eigenvalue weighted by molar-refractivity contribution is 6.48. The second-order valence-electron chi connectivity index (χ2n) is 3.89. The molecule has 1 saturated carbocycles. The van der Waals surface area contributed by atoms with E-state index in [1.807, 2.05) is 0 Å². The monoisotopic (exact) mass is 201 g/mol. The Balaban J connectivity index is 2.64. The molecule has 1 aliphatic rings. The van der Waals surface area contributed by atoms with E-state index in [2.05, 4.69) is 6.92 Å². The van der Waals surface area contributed by atoms with Crippen molar-refractivity contribution in [3.63, 3.8) is 0 Å². The number of hydrogen-bond donors (Lipinski definition) is 0. The molecule has 3 heteroatoms. The second-order valence-corrected chi connectivity index (χ2v) is 6.34. The Morgan fingerprint density at radius 3 is 2.00 bits per heavy atom. The van der Waals surface area contributed by atoms with Crippen LogP contribution in [0, 0.1) is 0 Å². The van der Waals surface area contributed by atoms with Gasteiger partial charge in [0.2, 0.25) is 0 Å². The fourth-order valence-corrected chi connectivity index (χ4v) is 4.53. The zero-order valence-electron chi connectivity index (χ0n) is 9.06. The lowest BCUT2D eigenvalue weighted by atomic mass is 9.86. The molecule has 0 amide bonds. The van der Waals surface area contributed by atoms with Gasteiger partial charge in [-0.2, -0.15) is 0 Å². The molecular formula is C10H21O2Si. The van der Waals surface area contributed by atoms with Crippen LogP contribution in [0.25, 0.3) is 0 Å². The molecule has 0 aromatic rings. The van der Waals surface area contributed by atoms with Gasteiger partial charge in [-0.15, -0.1) is 0 Å². The van der Waals surface area contributed by atoms with E-state index in [1.54, 1.807) is 14.2 Å². The summed E-state index contributed by atoms with van der Waals surface area (Å²) in [6.07, 6.45) is 7.93. The van der Waals surface area contributed by atoms with E-state index < -0.39 is 9.28 Å². The van der Waals surface area contributed by atoms with E-state index >= 15 is 0 Å². The molecule has 0 unspecified atom stereocenters. The molecule has 1 fully saturated rings. The van der Waals surface area contributed by atoms with Gasteiger partial charge in [-0.25, -0.2) is 0 Å². The summed E-state index contributed by atoms with van der Waals surface area (Å²) in [5.74, 6) is 0. The summed E-state index contributed by atoms with van der Waals surface area (Å²) in [6.45, 7) is 2.27. The average Bonchev–Trinajstić information content (AvgIpc) is 2.21. The third-order valence-electron chi connectivity index (χ3n) is 3.29. The second kappa shape index (κ2) is 5.13. The van der Waals surface area contributed by atoms with Gasteiger partial charge in [0.15, 0.2) is 0 Å². The van der Waals surface area contributed by atoms with Crippen LogP contribution in [0.4, 0.5) is 0 Å². The Morgan fingerprint density at radius 1 is 1.08 bits per heavy atom. The van der Waals surface area contributed by atoms with Crippen LogP contribution < -0.4 is 0 Å². The lowest BCUT2D eigenvalue weighted by molar-refractivity contribution is 0.207. The Kier molecular flexibility index (Phi) is 4.42. The number of hydrogen-bond acceptors (Lipinski definition) is 2. The summed E-state index contributed by atoms with van der Waals surface area (Å²) in [6, 6.07) is 0. The van der Waals surface area contributed by atoms with Crippen molar-refractivity contribution < 1.29 is 8.85 Å². The van der Waals surface area contributed by atoms with Gasteiger partial charge >= 0.3 is 9.28 Å². The minimum atomic E-state index is -1.03. The molecule has 1 radical (unpaired) electrons.